The quantitative estimate of drug-likeness (QED) is 0.332. The number of nitrogens with one attached hydrogen (secondary N) is 1. The van der Waals surface area contributed by atoms with Crippen molar-refractivity contribution < 1.29 is 34.0 Å². The molecule has 0 aromatic carbocycles. The first-order valence-corrected chi connectivity index (χ1v) is 7.39. The lowest BCUT2D eigenvalue weighted by Gasteiger charge is -2.36. The van der Waals surface area contributed by atoms with E-state index in [1.54, 1.807) is 6.92 Å². The van der Waals surface area contributed by atoms with Crippen LogP contribution in [0.25, 0.3) is 0 Å². The zero-order valence-corrected chi connectivity index (χ0v) is 13.2. The Hall–Kier alpha value is -1.22. The van der Waals surface area contributed by atoms with E-state index < -0.39 is 36.7 Å². The van der Waals surface area contributed by atoms with Gasteiger partial charge in [-0.15, -0.1) is 0 Å². The fourth-order valence-corrected chi connectivity index (χ4v) is 2.34. The van der Waals surface area contributed by atoms with Crippen LogP contribution in [0.3, 0.4) is 0 Å². The molecule has 0 aromatic heterocycles. The topological polar surface area (TPSA) is 114 Å². The van der Waals surface area contributed by atoms with Gasteiger partial charge < -0.3 is 29.7 Å². The number of esters is 2. The molecule has 1 heterocycles. The van der Waals surface area contributed by atoms with Crippen molar-refractivity contribution in [2.45, 2.75) is 70.9 Å². The normalized spacial score (nSPS) is 28.5. The first-order valence-electron chi connectivity index (χ1n) is 7.39. The second-order valence-electron chi connectivity index (χ2n) is 5.37. The van der Waals surface area contributed by atoms with Gasteiger partial charge in [0.25, 0.3) is 0 Å². The summed E-state index contributed by atoms with van der Waals surface area (Å²) < 4.78 is 14.9. The van der Waals surface area contributed by atoms with Gasteiger partial charge in [0, 0.05) is 32.7 Å². The average molecular weight is 319 g/mol. The molecule has 4 atom stereocenters. The number of ether oxygens (including phenoxy) is 3. The number of carbonyl (C=O) groups is 2. The maximum atomic E-state index is 10.9. The predicted molar refractivity (Wildman–Crippen MR) is 75.5 cm³/mol. The second kappa shape index (κ2) is 9.04. The van der Waals surface area contributed by atoms with Gasteiger partial charge in [0.05, 0.1) is 12.2 Å². The van der Waals surface area contributed by atoms with Crippen molar-refractivity contribution in [1.82, 2.24) is 5.32 Å². The van der Waals surface area contributed by atoms with E-state index in [1.807, 2.05) is 0 Å². The van der Waals surface area contributed by atoms with Gasteiger partial charge in [0.15, 0.2) is 6.29 Å². The molecule has 1 fully saturated rings. The Balaban J connectivity index is 2.32. The molecule has 1 saturated heterocycles. The summed E-state index contributed by atoms with van der Waals surface area (Å²) in [5.41, 5.74) is 0. The summed E-state index contributed by atoms with van der Waals surface area (Å²) in [6.07, 6.45) is -1.74. The predicted octanol–water partition coefficient (Wildman–Crippen LogP) is -0.335. The summed E-state index contributed by atoms with van der Waals surface area (Å²) in [5, 5.41) is 22.6. The molecule has 1 aliphatic rings. The standard InChI is InChI=1S/C14H25NO7/c1-8-14(19)11(7-12(18)20-8)15-6-4-5-13(21-9(2)16)22-10(3)17/h8,11-15,18-19H,4-7H2,1-3H3. The van der Waals surface area contributed by atoms with Gasteiger partial charge >= 0.3 is 11.9 Å². The van der Waals surface area contributed by atoms with Crippen molar-refractivity contribution in [3.05, 3.63) is 0 Å². The minimum atomic E-state index is -0.902. The third-order valence-corrected chi connectivity index (χ3v) is 3.34. The van der Waals surface area contributed by atoms with Gasteiger partial charge in [-0.1, -0.05) is 0 Å². The Kier molecular flexibility index (Phi) is 7.74. The Morgan fingerprint density at radius 1 is 1.27 bits per heavy atom. The van der Waals surface area contributed by atoms with Gasteiger partial charge in [-0.05, 0) is 19.9 Å². The Morgan fingerprint density at radius 3 is 2.41 bits per heavy atom. The molecule has 0 aromatic rings. The monoisotopic (exact) mass is 319 g/mol. The third-order valence-electron chi connectivity index (χ3n) is 3.34. The van der Waals surface area contributed by atoms with Gasteiger partial charge in [-0.3, -0.25) is 9.59 Å². The molecule has 22 heavy (non-hydrogen) atoms. The van der Waals surface area contributed by atoms with Crippen LogP contribution < -0.4 is 5.32 Å². The zero-order valence-electron chi connectivity index (χ0n) is 13.2. The molecule has 0 aliphatic carbocycles. The Labute approximate surface area is 129 Å². The second-order valence-corrected chi connectivity index (χ2v) is 5.37. The molecule has 0 amide bonds. The minimum Gasteiger partial charge on any atom is -0.425 e. The number of hydrogen-bond acceptors (Lipinski definition) is 8. The van der Waals surface area contributed by atoms with Crippen LogP contribution in [0.2, 0.25) is 0 Å². The molecule has 0 radical (unpaired) electrons. The van der Waals surface area contributed by atoms with E-state index in [4.69, 9.17) is 14.2 Å². The molecule has 0 spiro atoms. The molecule has 8 heteroatoms. The summed E-state index contributed by atoms with van der Waals surface area (Å²) in [6, 6.07) is -0.278. The molecule has 3 N–H and O–H groups in total. The fourth-order valence-electron chi connectivity index (χ4n) is 2.34. The van der Waals surface area contributed by atoms with E-state index in [0.29, 0.717) is 25.8 Å². The van der Waals surface area contributed by atoms with Crippen molar-refractivity contribution in [3.8, 4) is 0 Å². The van der Waals surface area contributed by atoms with E-state index in [2.05, 4.69) is 5.32 Å². The van der Waals surface area contributed by atoms with Gasteiger partial charge in [0.2, 0.25) is 6.29 Å². The van der Waals surface area contributed by atoms with Crippen LogP contribution in [-0.2, 0) is 23.8 Å². The lowest BCUT2D eigenvalue weighted by Crippen LogP contribution is -2.53. The highest BCUT2D eigenvalue weighted by Crippen LogP contribution is 2.18. The smallest absolute Gasteiger partial charge is 0.305 e. The summed E-state index contributed by atoms with van der Waals surface area (Å²) in [6.45, 7) is 4.70. The molecular weight excluding hydrogens is 294 g/mol. The van der Waals surface area contributed by atoms with Crippen molar-refractivity contribution in [2.75, 3.05) is 6.54 Å². The highest BCUT2D eigenvalue weighted by Gasteiger charge is 2.33. The van der Waals surface area contributed by atoms with Crippen LogP contribution in [0.4, 0.5) is 0 Å². The largest absolute Gasteiger partial charge is 0.425 e. The molecule has 0 saturated carbocycles. The minimum absolute atomic E-state index is 0.278. The molecule has 4 unspecified atom stereocenters. The molecule has 128 valence electrons. The SMILES string of the molecule is CC(=O)OC(CCCNC1CC(O)OC(C)C1O)OC(C)=O. The van der Waals surface area contributed by atoms with Crippen LogP contribution in [0.1, 0.15) is 40.0 Å². The highest BCUT2D eigenvalue weighted by molar-refractivity contribution is 5.68. The highest BCUT2D eigenvalue weighted by atomic mass is 16.7. The first kappa shape index (κ1) is 18.8. The maximum absolute atomic E-state index is 10.9. The summed E-state index contributed by atoms with van der Waals surface area (Å²) in [4.78, 5) is 21.9. The van der Waals surface area contributed by atoms with Crippen LogP contribution in [0, 0.1) is 0 Å². The number of aliphatic hydroxyl groups excluding tert-OH is 2. The van der Waals surface area contributed by atoms with Gasteiger partial charge in [-0.25, -0.2) is 0 Å². The summed E-state index contributed by atoms with van der Waals surface area (Å²) >= 11 is 0. The number of carbonyl (C=O) groups excluding carboxylic acids is 2. The van der Waals surface area contributed by atoms with E-state index in [1.165, 1.54) is 13.8 Å². The van der Waals surface area contributed by atoms with Gasteiger partial charge in [0.1, 0.15) is 0 Å². The number of rotatable bonds is 7. The lowest BCUT2D eigenvalue weighted by atomic mass is 9.99. The van der Waals surface area contributed by atoms with Crippen LogP contribution in [0.5, 0.6) is 0 Å². The Bertz CT molecular complexity index is 360. The third kappa shape index (κ3) is 6.69. The number of aliphatic hydroxyl groups is 2. The first-order chi connectivity index (χ1) is 10.3. The summed E-state index contributed by atoms with van der Waals surface area (Å²) in [7, 11) is 0. The van der Waals surface area contributed by atoms with E-state index in [-0.39, 0.29) is 6.04 Å². The summed E-state index contributed by atoms with van der Waals surface area (Å²) in [5.74, 6) is -1.04. The zero-order chi connectivity index (χ0) is 16.7. The van der Waals surface area contributed by atoms with Crippen molar-refractivity contribution in [1.29, 1.82) is 0 Å². The van der Waals surface area contributed by atoms with Crippen LogP contribution >= 0.6 is 0 Å². The average Bonchev–Trinajstić information content (AvgIpc) is 2.38. The molecule has 1 aliphatic heterocycles. The van der Waals surface area contributed by atoms with E-state index >= 15 is 0 Å². The van der Waals surface area contributed by atoms with Crippen molar-refractivity contribution >= 4 is 11.9 Å². The maximum Gasteiger partial charge on any atom is 0.305 e. The lowest BCUT2D eigenvalue weighted by molar-refractivity contribution is -0.202. The molecule has 8 nitrogen and oxygen atoms in total. The molecule has 0 bridgehead atoms. The Morgan fingerprint density at radius 2 is 1.86 bits per heavy atom. The van der Waals surface area contributed by atoms with Gasteiger partial charge in [-0.2, -0.15) is 0 Å². The van der Waals surface area contributed by atoms with Crippen molar-refractivity contribution in [3.63, 3.8) is 0 Å². The van der Waals surface area contributed by atoms with E-state index in [0.717, 1.165) is 0 Å². The van der Waals surface area contributed by atoms with E-state index in [9.17, 15) is 19.8 Å². The number of hydrogen-bond donors (Lipinski definition) is 3. The molecular formula is C14H25NO7. The van der Waals surface area contributed by atoms with Crippen LogP contribution in [0.15, 0.2) is 0 Å². The fraction of sp³-hybridized carbons (Fsp3) is 0.857. The van der Waals surface area contributed by atoms with Crippen molar-refractivity contribution in [2.24, 2.45) is 0 Å². The van der Waals surface area contributed by atoms with Crippen LogP contribution in [-0.4, -0.2) is 59.5 Å². The molecule has 1 rings (SSSR count).